The third-order valence-electron chi connectivity index (χ3n) is 3.91. The Morgan fingerprint density at radius 3 is 2.50 bits per heavy atom. The molecule has 3 N–H and O–H groups in total. The highest BCUT2D eigenvalue weighted by Crippen LogP contribution is 2.20. The van der Waals surface area contributed by atoms with E-state index in [1.54, 1.807) is 0 Å². The van der Waals surface area contributed by atoms with Crippen LogP contribution in [0.4, 0.5) is 23.5 Å². The van der Waals surface area contributed by atoms with E-state index in [1.165, 1.54) is 7.11 Å². The zero-order valence-corrected chi connectivity index (χ0v) is 16.5. The molecule has 0 spiro atoms. The van der Waals surface area contributed by atoms with Crippen LogP contribution < -0.4 is 30.2 Å². The van der Waals surface area contributed by atoms with Gasteiger partial charge in [-0.25, -0.2) is 0 Å². The lowest BCUT2D eigenvalue weighted by Gasteiger charge is -2.13. The molecule has 0 amide bonds. The monoisotopic (exact) mass is 411 g/mol. The molecule has 1 aliphatic heterocycles. The van der Waals surface area contributed by atoms with Gasteiger partial charge in [-0.05, 0) is 24.6 Å². The zero-order chi connectivity index (χ0) is 20.8. The number of ether oxygens (including phenoxy) is 3. The SMILES string of the molecule is CCOc1nc2nc(n1)Nc1cccc(c1)COc1nc(nc(OC)n1)NCCN2. The van der Waals surface area contributed by atoms with Gasteiger partial charge in [-0.1, -0.05) is 12.1 Å². The minimum absolute atomic E-state index is 0.162. The Morgan fingerprint density at radius 2 is 1.70 bits per heavy atom. The number of hydrogen-bond acceptors (Lipinski definition) is 12. The van der Waals surface area contributed by atoms with Gasteiger partial charge in [0.1, 0.15) is 6.61 Å². The maximum Gasteiger partial charge on any atom is 0.324 e. The van der Waals surface area contributed by atoms with Crippen LogP contribution in [-0.2, 0) is 6.61 Å². The number of methoxy groups -OCH3 is 1. The van der Waals surface area contributed by atoms with E-state index in [2.05, 4.69) is 45.9 Å². The summed E-state index contributed by atoms with van der Waals surface area (Å²) in [4.78, 5) is 25.6. The lowest BCUT2D eigenvalue weighted by Crippen LogP contribution is -2.18. The number of rotatable bonds is 3. The van der Waals surface area contributed by atoms with Gasteiger partial charge < -0.3 is 30.2 Å². The lowest BCUT2D eigenvalue weighted by atomic mass is 10.2. The summed E-state index contributed by atoms with van der Waals surface area (Å²) in [5.74, 6) is 1.10. The molecule has 1 aromatic carbocycles. The average Bonchev–Trinajstić information content (AvgIpc) is 2.75. The minimum atomic E-state index is 0.162. The fourth-order valence-electron chi connectivity index (χ4n) is 2.62. The molecule has 0 fully saturated rings. The maximum absolute atomic E-state index is 5.74. The number of hydrogen-bond donors (Lipinski definition) is 3. The van der Waals surface area contributed by atoms with Crippen LogP contribution in [0.2, 0.25) is 0 Å². The summed E-state index contributed by atoms with van der Waals surface area (Å²) < 4.78 is 16.3. The van der Waals surface area contributed by atoms with Gasteiger partial charge in [-0.15, -0.1) is 4.98 Å². The number of benzene rings is 1. The summed E-state index contributed by atoms with van der Waals surface area (Å²) >= 11 is 0. The maximum atomic E-state index is 5.74. The average molecular weight is 411 g/mol. The van der Waals surface area contributed by atoms with Gasteiger partial charge in [-0.2, -0.15) is 24.9 Å². The smallest absolute Gasteiger partial charge is 0.324 e. The van der Waals surface area contributed by atoms with Crippen molar-refractivity contribution in [2.45, 2.75) is 13.5 Å². The molecule has 0 atom stereocenters. The molecule has 12 heteroatoms. The normalized spacial score (nSPS) is 13.1. The van der Waals surface area contributed by atoms with E-state index in [0.717, 1.165) is 11.3 Å². The molecule has 0 radical (unpaired) electrons. The van der Waals surface area contributed by atoms with E-state index in [9.17, 15) is 0 Å². The van der Waals surface area contributed by atoms with Gasteiger partial charge in [0, 0.05) is 18.8 Å². The van der Waals surface area contributed by atoms with Crippen molar-refractivity contribution in [1.82, 2.24) is 29.9 Å². The van der Waals surface area contributed by atoms with Crippen molar-refractivity contribution in [2.24, 2.45) is 0 Å². The molecular weight excluding hydrogens is 390 g/mol. The third-order valence-corrected chi connectivity index (χ3v) is 3.91. The second-order valence-electron chi connectivity index (χ2n) is 6.09. The molecule has 4 rings (SSSR count). The zero-order valence-electron chi connectivity index (χ0n) is 16.5. The Hall–Kier alpha value is -3.96. The quantitative estimate of drug-likeness (QED) is 0.576. The molecule has 6 bridgehead atoms. The van der Waals surface area contributed by atoms with Crippen LogP contribution in [0.15, 0.2) is 24.3 Å². The van der Waals surface area contributed by atoms with Crippen molar-refractivity contribution in [3.63, 3.8) is 0 Å². The molecule has 3 aromatic rings. The summed E-state index contributed by atoms with van der Waals surface area (Å²) in [6.07, 6.45) is 0. The predicted octanol–water partition coefficient (Wildman–Crippen LogP) is 1.62. The molecule has 1 aliphatic rings. The van der Waals surface area contributed by atoms with Gasteiger partial charge >= 0.3 is 18.0 Å². The van der Waals surface area contributed by atoms with Crippen molar-refractivity contribution in [3.05, 3.63) is 29.8 Å². The van der Waals surface area contributed by atoms with Gasteiger partial charge in [-0.3, -0.25) is 0 Å². The number of anilines is 4. The molecule has 0 saturated heterocycles. The van der Waals surface area contributed by atoms with Crippen LogP contribution in [-0.4, -0.2) is 56.7 Å². The summed E-state index contributed by atoms with van der Waals surface area (Å²) in [6, 6.07) is 8.21. The third kappa shape index (κ3) is 4.90. The van der Waals surface area contributed by atoms with E-state index in [4.69, 9.17) is 14.2 Å². The topological polar surface area (TPSA) is 141 Å². The van der Waals surface area contributed by atoms with Crippen molar-refractivity contribution in [2.75, 3.05) is 42.8 Å². The first-order valence-electron chi connectivity index (χ1n) is 9.37. The van der Waals surface area contributed by atoms with Gasteiger partial charge in [0.2, 0.25) is 17.8 Å². The van der Waals surface area contributed by atoms with E-state index in [0.29, 0.717) is 37.5 Å². The minimum Gasteiger partial charge on any atom is -0.467 e. The highest BCUT2D eigenvalue weighted by molar-refractivity contribution is 5.55. The van der Waals surface area contributed by atoms with Crippen LogP contribution in [0.3, 0.4) is 0 Å². The molecular formula is C18H21N9O3. The Kier molecular flexibility index (Phi) is 5.83. The first-order chi connectivity index (χ1) is 14.7. The van der Waals surface area contributed by atoms with E-state index < -0.39 is 0 Å². The van der Waals surface area contributed by atoms with Crippen LogP contribution in [0.25, 0.3) is 0 Å². The van der Waals surface area contributed by atoms with Crippen molar-refractivity contribution >= 4 is 23.5 Å². The second-order valence-corrected chi connectivity index (χ2v) is 6.09. The van der Waals surface area contributed by atoms with Crippen molar-refractivity contribution < 1.29 is 14.2 Å². The number of nitrogens with one attached hydrogen (secondary N) is 3. The van der Waals surface area contributed by atoms with Crippen LogP contribution in [0, 0.1) is 0 Å². The van der Waals surface area contributed by atoms with Gasteiger partial charge in [0.15, 0.2) is 0 Å². The molecule has 0 saturated carbocycles. The van der Waals surface area contributed by atoms with E-state index in [-0.39, 0.29) is 24.6 Å². The largest absolute Gasteiger partial charge is 0.467 e. The number of nitrogens with zero attached hydrogens (tertiary/aromatic N) is 6. The highest BCUT2D eigenvalue weighted by Gasteiger charge is 2.11. The molecule has 156 valence electrons. The van der Waals surface area contributed by atoms with Gasteiger partial charge in [0.25, 0.3) is 0 Å². The van der Waals surface area contributed by atoms with Crippen molar-refractivity contribution in [1.29, 1.82) is 0 Å². The Bertz CT molecular complexity index is 1020. The Morgan fingerprint density at radius 1 is 0.933 bits per heavy atom. The van der Waals surface area contributed by atoms with E-state index >= 15 is 0 Å². The second kappa shape index (κ2) is 9.03. The first-order valence-corrected chi connectivity index (χ1v) is 9.37. The molecule has 2 aromatic heterocycles. The van der Waals surface area contributed by atoms with E-state index in [1.807, 2.05) is 31.2 Å². The lowest BCUT2D eigenvalue weighted by molar-refractivity contribution is 0.271. The molecule has 12 nitrogen and oxygen atoms in total. The molecule has 30 heavy (non-hydrogen) atoms. The van der Waals surface area contributed by atoms with Crippen LogP contribution in [0.5, 0.6) is 18.0 Å². The summed E-state index contributed by atoms with van der Waals surface area (Å²) in [7, 11) is 1.49. The standard InChI is InChI=1S/C18H21N9O3/c1-3-29-17-24-13-19-7-8-20-14-23-16(28-2)27-18(25-14)30-10-11-5-4-6-12(9-11)21-15(22-13)26-17/h4-6,9H,3,7-8,10H2,1-2H3,(H,20,23,25,27)(H2,19,21,22,24,26). The van der Waals surface area contributed by atoms with Gasteiger partial charge in [0.05, 0.1) is 13.7 Å². The summed E-state index contributed by atoms with van der Waals surface area (Å²) in [5, 5.41) is 9.40. The Balaban J connectivity index is 1.66. The highest BCUT2D eigenvalue weighted by atomic mass is 16.5. The predicted molar refractivity (Wildman–Crippen MR) is 108 cm³/mol. The number of fused-ring (bicyclic) bond motifs is 6. The van der Waals surface area contributed by atoms with Crippen LogP contribution >= 0.6 is 0 Å². The fourth-order valence-corrected chi connectivity index (χ4v) is 2.62. The summed E-state index contributed by atoms with van der Waals surface area (Å²) in [5.41, 5.74) is 1.69. The first kappa shape index (κ1) is 19.4. The summed E-state index contributed by atoms with van der Waals surface area (Å²) in [6.45, 7) is 3.56. The molecule has 0 unspecified atom stereocenters. The van der Waals surface area contributed by atoms with Crippen LogP contribution in [0.1, 0.15) is 12.5 Å². The molecule has 3 heterocycles. The fraction of sp³-hybridized carbons (Fsp3) is 0.333. The number of aromatic nitrogens is 6. The van der Waals surface area contributed by atoms with Crippen molar-refractivity contribution in [3.8, 4) is 18.0 Å². The molecule has 0 aliphatic carbocycles. The Labute approximate surface area is 172 Å².